The Morgan fingerprint density at radius 3 is 2.63 bits per heavy atom. The van der Waals surface area contributed by atoms with Gasteiger partial charge in [0.1, 0.15) is 5.54 Å². The monoisotopic (exact) mass is 268 g/mol. The lowest BCUT2D eigenvalue weighted by Crippen LogP contribution is -2.53. The van der Waals surface area contributed by atoms with Gasteiger partial charge < -0.3 is 10.0 Å². The third kappa shape index (κ3) is 2.76. The number of carboxylic acid groups (broad SMARTS) is 1. The van der Waals surface area contributed by atoms with E-state index in [1.54, 1.807) is 4.90 Å². The average Bonchev–Trinajstić information content (AvgIpc) is 3.13. The molecule has 1 heterocycles. The fourth-order valence-corrected chi connectivity index (χ4v) is 3.15. The van der Waals surface area contributed by atoms with Crippen molar-refractivity contribution in [3.05, 3.63) is 0 Å². The van der Waals surface area contributed by atoms with Gasteiger partial charge in [-0.3, -0.25) is 14.5 Å². The van der Waals surface area contributed by atoms with Gasteiger partial charge in [0.15, 0.2) is 0 Å². The highest BCUT2D eigenvalue weighted by atomic mass is 16.4. The molecule has 5 nitrogen and oxygen atoms in total. The van der Waals surface area contributed by atoms with Crippen molar-refractivity contribution in [2.24, 2.45) is 0 Å². The van der Waals surface area contributed by atoms with E-state index in [1.165, 1.54) is 0 Å². The first kappa shape index (κ1) is 14.3. The number of carboxylic acids is 1. The predicted molar refractivity (Wildman–Crippen MR) is 71.9 cm³/mol. The van der Waals surface area contributed by atoms with Crippen molar-refractivity contribution in [3.8, 4) is 0 Å². The molecule has 2 rings (SSSR count). The highest BCUT2D eigenvalue weighted by Gasteiger charge is 2.47. The van der Waals surface area contributed by atoms with Crippen LogP contribution in [-0.2, 0) is 9.59 Å². The van der Waals surface area contributed by atoms with E-state index < -0.39 is 11.5 Å². The highest BCUT2D eigenvalue weighted by Crippen LogP contribution is 2.34. The molecule has 0 radical (unpaired) electrons. The topological polar surface area (TPSA) is 60.9 Å². The fraction of sp³-hybridized carbons (Fsp3) is 0.857. The minimum Gasteiger partial charge on any atom is -0.480 e. The van der Waals surface area contributed by atoms with Crippen LogP contribution < -0.4 is 0 Å². The lowest BCUT2D eigenvalue weighted by molar-refractivity contribution is -0.151. The Bertz CT molecular complexity index is 368. The van der Waals surface area contributed by atoms with Crippen molar-refractivity contribution < 1.29 is 14.7 Å². The number of likely N-dealkylation sites (tertiary alicyclic amines) is 1. The first-order valence-corrected chi connectivity index (χ1v) is 7.25. The van der Waals surface area contributed by atoms with E-state index in [0.717, 1.165) is 32.2 Å². The third-order valence-electron chi connectivity index (χ3n) is 4.50. The summed E-state index contributed by atoms with van der Waals surface area (Å²) in [7, 11) is 1.83. The molecule has 2 aliphatic rings. The summed E-state index contributed by atoms with van der Waals surface area (Å²) in [6.07, 6.45) is 5.16. The number of nitrogens with zero attached hydrogens (tertiary/aromatic N) is 2. The minimum atomic E-state index is -0.811. The Kier molecular flexibility index (Phi) is 4.13. The molecule has 1 unspecified atom stereocenters. The van der Waals surface area contributed by atoms with Gasteiger partial charge in [0.25, 0.3) is 0 Å². The van der Waals surface area contributed by atoms with Gasteiger partial charge in [-0.2, -0.15) is 0 Å². The van der Waals surface area contributed by atoms with E-state index in [1.807, 2.05) is 18.9 Å². The number of hydrogen-bond acceptors (Lipinski definition) is 3. The third-order valence-corrected chi connectivity index (χ3v) is 4.50. The van der Waals surface area contributed by atoms with Crippen molar-refractivity contribution in [2.75, 3.05) is 20.1 Å². The molecule has 1 amide bonds. The molecule has 0 spiro atoms. The second-order valence-electron chi connectivity index (χ2n) is 5.85. The maximum absolute atomic E-state index is 12.2. The number of amides is 1. The smallest absolute Gasteiger partial charge is 0.324 e. The molecule has 0 aromatic rings. The van der Waals surface area contributed by atoms with Gasteiger partial charge in [0.05, 0.1) is 6.54 Å². The SMILES string of the molecule is CCCC1(C(=O)O)CCCN1CC(=O)N(C)C1CC1. The summed E-state index contributed by atoms with van der Waals surface area (Å²) in [6.45, 7) is 2.97. The van der Waals surface area contributed by atoms with Crippen LogP contribution in [0.2, 0.25) is 0 Å². The van der Waals surface area contributed by atoms with E-state index in [-0.39, 0.29) is 12.5 Å². The van der Waals surface area contributed by atoms with Crippen LogP contribution in [0.1, 0.15) is 45.4 Å². The molecule has 1 N–H and O–H groups in total. The summed E-state index contributed by atoms with van der Waals surface area (Å²) in [6, 6.07) is 0.389. The molecule has 1 atom stereocenters. The van der Waals surface area contributed by atoms with Crippen LogP contribution in [0.5, 0.6) is 0 Å². The Labute approximate surface area is 114 Å². The molecule has 108 valence electrons. The van der Waals surface area contributed by atoms with Crippen LogP contribution in [0.15, 0.2) is 0 Å². The Morgan fingerprint density at radius 2 is 2.11 bits per heavy atom. The molecule has 0 aromatic heterocycles. The van der Waals surface area contributed by atoms with Gasteiger partial charge in [-0.05, 0) is 38.6 Å². The van der Waals surface area contributed by atoms with Crippen LogP contribution in [0.25, 0.3) is 0 Å². The molecule has 5 heteroatoms. The quantitative estimate of drug-likeness (QED) is 0.789. The lowest BCUT2D eigenvalue weighted by Gasteiger charge is -2.35. The van der Waals surface area contributed by atoms with Crippen LogP contribution >= 0.6 is 0 Å². The van der Waals surface area contributed by atoms with Crippen LogP contribution in [0.4, 0.5) is 0 Å². The van der Waals surface area contributed by atoms with E-state index in [2.05, 4.69) is 0 Å². The molecular formula is C14H24N2O3. The number of carbonyl (C=O) groups excluding carboxylic acids is 1. The van der Waals surface area contributed by atoms with Crippen LogP contribution in [-0.4, -0.2) is 58.5 Å². The number of hydrogen-bond donors (Lipinski definition) is 1. The van der Waals surface area contributed by atoms with Crippen LogP contribution in [0.3, 0.4) is 0 Å². The zero-order valence-corrected chi connectivity index (χ0v) is 11.9. The van der Waals surface area contributed by atoms with Gasteiger partial charge in [-0.1, -0.05) is 13.3 Å². The number of rotatable bonds is 6. The van der Waals surface area contributed by atoms with E-state index in [9.17, 15) is 14.7 Å². The zero-order chi connectivity index (χ0) is 14.0. The van der Waals surface area contributed by atoms with Gasteiger partial charge in [0, 0.05) is 13.1 Å². The number of likely N-dealkylation sites (N-methyl/N-ethyl adjacent to an activating group) is 1. The highest BCUT2D eigenvalue weighted by molar-refractivity contribution is 5.83. The molecule has 1 aliphatic carbocycles. The minimum absolute atomic E-state index is 0.0612. The average molecular weight is 268 g/mol. The normalized spacial score (nSPS) is 27.5. The largest absolute Gasteiger partial charge is 0.480 e. The molecular weight excluding hydrogens is 244 g/mol. The fourth-order valence-electron chi connectivity index (χ4n) is 3.15. The molecule has 2 fully saturated rings. The van der Waals surface area contributed by atoms with E-state index in [0.29, 0.717) is 18.9 Å². The second-order valence-corrected chi connectivity index (χ2v) is 5.85. The summed E-state index contributed by atoms with van der Waals surface area (Å²) in [4.78, 5) is 27.5. The Morgan fingerprint density at radius 1 is 1.42 bits per heavy atom. The second kappa shape index (κ2) is 5.49. The van der Waals surface area contributed by atoms with Crippen molar-refractivity contribution in [1.29, 1.82) is 0 Å². The summed E-state index contributed by atoms with van der Waals surface area (Å²) in [5.74, 6) is -0.708. The molecule has 1 saturated heterocycles. The van der Waals surface area contributed by atoms with Crippen molar-refractivity contribution >= 4 is 11.9 Å². The molecule has 0 bridgehead atoms. The summed E-state index contributed by atoms with van der Waals surface area (Å²) in [5, 5.41) is 9.57. The molecule has 0 aromatic carbocycles. The summed E-state index contributed by atoms with van der Waals surface area (Å²) in [5.41, 5.74) is -0.811. The summed E-state index contributed by atoms with van der Waals surface area (Å²) >= 11 is 0. The first-order chi connectivity index (χ1) is 9.01. The lowest BCUT2D eigenvalue weighted by atomic mass is 9.90. The zero-order valence-electron chi connectivity index (χ0n) is 11.9. The van der Waals surface area contributed by atoms with Gasteiger partial charge in [-0.15, -0.1) is 0 Å². The van der Waals surface area contributed by atoms with E-state index in [4.69, 9.17) is 0 Å². The first-order valence-electron chi connectivity index (χ1n) is 7.25. The van der Waals surface area contributed by atoms with Crippen molar-refractivity contribution in [1.82, 2.24) is 9.80 Å². The van der Waals surface area contributed by atoms with Gasteiger partial charge in [0.2, 0.25) is 5.91 Å². The standard InChI is InChI=1S/C14H24N2O3/c1-3-7-14(13(18)19)8-4-9-16(14)10-12(17)15(2)11-5-6-11/h11H,3-10H2,1-2H3,(H,18,19). The van der Waals surface area contributed by atoms with Crippen molar-refractivity contribution in [3.63, 3.8) is 0 Å². The van der Waals surface area contributed by atoms with E-state index >= 15 is 0 Å². The molecule has 1 aliphatic heterocycles. The molecule has 1 saturated carbocycles. The van der Waals surface area contributed by atoms with Crippen LogP contribution in [0, 0.1) is 0 Å². The Hall–Kier alpha value is -1.10. The number of aliphatic carboxylic acids is 1. The van der Waals surface area contributed by atoms with Gasteiger partial charge in [-0.25, -0.2) is 0 Å². The Balaban J connectivity index is 2.04. The maximum Gasteiger partial charge on any atom is 0.324 e. The van der Waals surface area contributed by atoms with Crippen molar-refractivity contribution in [2.45, 2.75) is 57.0 Å². The predicted octanol–water partition coefficient (Wildman–Crippen LogP) is 1.33. The number of carbonyl (C=O) groups is 2. The van der Waals surface area contributed by atoms with Gasteiger partial charge >= 0.3 is 5.97 Å². The molecule has 19 heavy (non-hydrogen) atoms. The summed E-state index contributed by atoms with van der Waals surface area (Å²) < 4.78 is 0. The maximum atomic E-state index is 12.2.